The summed E-state index contributed by atoms with van der Waals surface area (Å²) in [6.45, 7) is 1.75. The van der Waals surface area contributed by atoms with Crippen molar-refractivity contribution < 1.29 is 57.3 Å². The molecule has 0 fully saturated rings. The minimum absolute atomic E-state index is 0.000688. The molecule has 4 nitrogen and oxygen atoms in total. The third-order valence-corrected chi connectivity index (χ3v) is 5.57. The van der Waals surface area contributed by atoms with E-state index in [1.807, 2.05) is 0 Å². The molecule has 178 valence electrons. The number of hydrogen-bond donors (Lipinski definition) is 1. The minimum Gasteiger partial charge on any atom is -0.293 e. The Morgan fingerprint density at radius 1 is 0.903 bits per heavy atom. The molecular formula is C17H17F9O4S. The van der Waals surface area contributed by atoms with Crippen molar-refractivity contribution in [3.05, 3.63) is 35.4 Å². The van der Waals surface area contributed by atoms with Gasteiger partial charge in [0.15, 0.2) is 5.78 Å². The van der Waals surface area contributed by atoms with Gasteiger partial charge in [-0.2, -0.15) is 47.9 Å². The zero-order valence-corrected chi connectivity index (χ0v) is 16.5. The van der Waals surface area contributed by atoms with Gasteiger partial charge in [-0.15, -0.1) is 0 Å². The van der Waals surface area contributed by atoms with Crippen molar-refractivity contribution in [2.24, 2.45) is 0 Å². The van der Waals surface area contributed by atoms with Gasteiger partial charge in [0.05, 0.1) is 0 Å². The van der Waals surface area contributed by atoms with Crippen LogP contribution in [0, 0.1) is 0 Å². The largest absolute Gasteiger partial charge is 0.460 e. The molecule has 1 atom stereocenters. The number of ketones is 1. The van der Waals surface area contributed by atoms with E-state index in [-0.39, 0.29) is 25.0 Å². The van der Waals surface area contributed by atoms with Crippen molar-refractivity contribution in [2.45, 2.75) is 61.8 Å². The summed E-state index contributed by atoms with van der Waals surface area (Å²) in [6, 6.07) is 0.734. The Kier molecular flexibility index (Phi) is 7.86. The number of benzene rings is 1. The summed E-state index contributed by atoms with van der Waals surface area (Å²) in [6.07, 6.45) is -6.04. The Morgan fingerprint density at radius 2 is 1.39 bits per heavy atom. The number of hydrogen-bond acceptors (Lipinski definition) is 3. The molecule has 1 aromatic rings. The minimum atomic E-state index is -7.08. The second kappa shape index (κ2) is 8.96. The van der Waals surface area contributed by atoms with Gasteiger partial charge in [0.1, 0.15) is 5.25 Å². The zero-order chi connectivity index (χ0) is 24.5. The molecular weight excluding hydrogens is 471 g/mol. The molecule has 14 heteroatoms. The predicted molar refractivity (Wildman–Crippen MR) is 90.1 cm³/mol. The summed E-state index contributed by atoms with van der Waals surface area (Å²) in [4.78, 5) is 12.3. The van der Waals surface area contributed by atoms with E-state index in [4.69, 9.17) is 0 Å². The van der Waals surface area contributed by atoms with Gasteiger partial charge in [-0.25, -0.2) is 0 Å². The molecule has 0 saturated carbocycles. The summed E-state index contributed by atoms with van der Waals surface area (Å²) in [5.74, 6) is -21.2. The molecule has 1 unspecified atom stereocenters. The van der Waals surface area contributed by atoms with Gasteiger partial charge in [-0.1, -0.05) is 50.5 Å². The fraction of sp³-hybridized carbons (Fsp3) is 0.588. The van der Waals surface area contributed by atoms with E-state index in [0.29, 0.717) is 25.0 Å². The predicted octanol–water partition coefficient (Wildman–Crippen LogP) is 5.63. The first-order valence-corrected chi connectivity index (χ1v) is 10.1. The molecule has 0 aliphatic rings. The normalized spacial score (nSPS) is 15.1. The van der Waals surface area contributed by atoms with Crippen LogP contribution in [0.5, 0.6) is 0 Å². The first-order valence-electron chi connectivity index (χ1n) is 8.63. The smallest absolute Gasteiger partial charge is 0.293 e. The number of halogens is 9. The van der Waals surface area contributed by atoms with Crippen molar-refractivity contribution >= 4 is 15.9 Å². The maximum Gasteiger partial charge on any atom is 0.460 e. The highest BCUT2D eigenvalue weighted by Crippen LogP contribution is 2.56. The molecule has 0 radical (unpaired) electrons. The summed E-state index contributed by atoms with van der Waals surface area (Å²) in [7, 11) is -4.93. The summed E-state index contributed by atoms with van der Waals surface area (Å²) >= 11 is 0. The van der Waals surface area contributed by atoms with Gasteiger partial charge in [0.25, 0.3) is 10.1 Å². The van der Waals surface area contributed by atoms with Crippen LogP contribution in [0.3, 0.4) is 0 Å². The zero-order valence-electron chi connectivity index (χ0n) is 15.7. The molecule has 1 rings (SSSR count). The van der Waals surface area contributed by atoms with Crippen molar-refractivity contribution in [3.63, 3.8) is 0 Å². The van der Waals surface area contributed by atoms with Crippen LogP contribution >= 0.6 is 0 Å². The highest BCUT2D eigenvalue weighted by molar-refractivity contribution is 7.87. The molecule has 0 bridgehead atoms. The lowest BCUT2D eigenvalue weighted by Crippen LogP contribution is -2.59. The van der Waals surface area contributed by atoms with Crippen molar-refractivity contribution in [1.82, 2.24) is 0 Å². The Hall–Kier alpha value is -1.83. The van der Waals surface area contributed by atoms with Crippen molar-refractivity contribution in [1.29, 1.82) is 0 Å². The SMILES string of the molecule is CCCCCC(C(=O)c1ccc(C(F)(F)C(F)(F)C(F)(F)C(F)(F)F)cc1)S(=O)(=O)O. The van der Waals surface area contributed by atoms with E-state index in [0.717, 1.165) is 0 Å². The maximum absolute atomic E-state index is 13.9. The molecule has 31 heavy (non-hydrogen) atoms. The fourth-order valence-electron chi connectivity index (χ4n) is 2.58. The van der Waals surface area contributed by atoms with Crippen LogP contribution in [0.25, 0.3) is 0 Å². The number of Topliss-reactive ketones (excluding diaryl/α,β-unsaturated/α-hetero) is 1. The van der Waals surface area contributed by atoms with E-state index < -0.39 is 56.2 Å². The Morgan fingerprint density at radius 3 is 1.77 bits per heavy atom. The van der Waals surface area contributed by atoms with Gasteiger partial charge in [0.2, 0.25) is 0 Å². The lowest BCUT2D eigenvalue weighted by Gasteiger charge is -2.33. The van der Waals surface area contributed by atoms with Crippen LogP contribution in [0.1, 0.15) is 48.5 Å². The average Bonchev–Trinajstić information content (AvgIpc) is 2.62. The summed E-state index contributed by atoms with van der Waals surface area (Å²) in [5, 5.41) is -2.00. The molecule has 0 saturated heterocycles. The third-order valence-electron chi connectivity index (χ3n) is 4.40. The third kappa shape index (κ3) is 5.33. The fourth-order valence-corrected chi connectivity index (χ4v) is 3.45. The van der Waals surface area contributed by atoms with Crippen LogP contribution in [-0.4, -0.2) is 42.0 Å². The van der Waals surface area contributed by atoms with E-state index in [1.165, 1.54) is 0 Å². The Labute approximate surface area is 171 Å². The van der Waals surface area contributed by atoms with E-state index in [1.54, 1.807) is 6.92 Å². The Balaban J connectivity index is 3.29. The second-order valence-corrected chi connectivity index (χ2v) is 8.26. The van der Waals surface area contributed by atoms with Gasteiger partial charge >= 0.3 is 23.9 Å². The lowest BCUT2D eigenvalue weighted by molar-refractivity contribution is -0.399. The first kappa shape index (κ1) is 27.2. The van der Waals surface area contributed by atoms with Crippen LogP contribution in [0.15, 0.2) is 24.3 Å². The highest BCUT2D eigenvalue weighted by Gasteiger charge is 2.82. The van der Waals surface area contributed by atoms with Gasteiger partial charge < -0.3 is 0 Å². The first-order chi connectivity index (χ1) is 13.8. The lowest BCUT2D eigenvalue weighted by atomic mass is 9.95. The maximum atomic E-state index is 13.9. The van der Waals surface area contributed by atoms with Crippen LogP contribution in [0.4, 0.5) is 39.5 Å². The van der Waals surface area contributed by atoms with Gasteiger partial charge in [0, 0.05) is 11.1 Å². The van der Waals surface area contributed by atoms with Crippen molar-refractivity contribution in [2.75, 3.05) is 0 Å². The standard InChI is InChI=1S/C17H17F9O4S/c1-2-3-4-5-12(31(28,29)30)13(27)10-6-8-11(9-7-10)14(18,19)15(20,21)16(22,23)17(24,25)26/h6-9,12H,2-5H2,1H3,(H,28,29,30). The van der Waals surface area contributed by atoms with Crippen LogP contribution < -0.4 is 0 Å². The van der Waals surface area contributed by atoms with Crippen LogP contribution in [0.2, 0.25) is 0 Å². The molecule has 0 spiro atoms. The summed E-state index contributed by atoms with van der Waals surface area (Å²) < 4.78 is 149. The monoisotopic (exact) mass is 488 g/mol. The topological polar surface area (TPSA) is 71.4 Å². The molecule has 0 amide bonds. The number of carbonyl (C=O) groups is 1. The Bertz CT molecular complexity index is 878. The van der Waals surface area contributed by atoms with Crippen molar-refractivity contribution in [3.8, 4) is 0 Å². The number of unbranched alkanes of at least 4 members (excludes halogenated alkanes) is 2. The van der Waals surface area contributed by atoms with Gasteiger partial charge in [-0.05, 0) is 6.42 Å². The molecule has 0 aliphatic carbocycles. The second-order valence-electron chi connectivity index (χ2n) is 6.66. The van der Waals surface area contributed by atoms with E-state index in [2.05, 4.69) is 0 Å². The molecule has 1 N–H and O–H groups in total. The molecule has 0 heterocycles. The molecule has 1 aromatic carbocycles. The molecule has 0 aliphatic heterocycles. The number of rotatable bonds is 10. The summed E-state index contributed by atoms with van der Waals surface area (Å²) in [5.41, 5.74) is -2.63. The van der Waals surface area contributed by atoms with E-state index in [9.17, 15) is 57.3 Å². The number of carbonyl (C=O) groups excluding carboxylic acids is 1. The van der Waals surface area contributed by atoms with E-state index >= 15 is 0 Å². The quantitative estimate of drug-likeness (QED) is 0.201. The average molecular weight is 488 g/mol. The molecule has 0 aromatic heterocycles. The van der Waals surface area contributed by atoms with Gasteiger partial charge in [-0.3, -0.25) is 9.35 Å². The number of alkyl halides is 9. The van der Waals surface area contributed by atoms with Crippen LogP contribution in [-0.2, 0) is 16.0 Å². The highest BCUT2D eigenvalue weighted by atomic mass is 32.2.